The maximum absolute atomic E-state index is 5.84. The molecule has 0 aliphatic carbocycles. The third kappa shape index (κ3) is 1.66. The van der Waals surface area contributed by atoms with Crippen molar-refractivity contribution in [2.45, 2.75) is 32.4 Å². The molecule has 0 bridgehead atoms. The van der Waals surface area contributed by atoms with Gasteiger partial charge in [0.15, 0.2) is 0 Å². The standard InChI is InChI=1S/C12H22N4/c1-8(2)11-12-10(14-7-15(12)3)5-9(6-13)16(11)4/h7-9,11H,5-6,13H2,1-4H3. The molecular formula is C12H22N4. The Morgan fingerprint density at radius 1 is 1.50 bits per heavy atom. The molecule has 16 heavy (non-hydrogen) atoms. The molecule has 90 valence electrons. The van der Waals surface area contributed by atoms with Crippen molar-refractivity contribution >= 4 is 0 Å². The van der Waals surface area contributed by atoms with E-state index < -0.39 is 0 Å². The fourth-order valence-electron chi connectivity index (χ4n) is 2.85. The van der Waals surface area contributed by atoms with Crippen LogP contribution in [0.25, 0.3) is 0 Å². The maximum atomic E-state index is 5.84. The van der Waals surface area contributed by atoms with Crippen LogP contribution in [0.4, 0.5) is 0 Å². The number of hydrogen-bond acceptors (Lipinski definition) is 3. The van der Waals surface area contributed by atoms with E-state index in [2.05, 4.69) is 42.4 Å². The Kier molecular flexibility index (Phi) is 3.04. The molecule has 1 aliphatic rings. The summed E-state index contributed by atoms with van der Waals surface area (Å²) in [5, 5.41) is 0. The topological polar surface area (TPSA) is 47.1 Å². The van der Waals surface area contributed by atoms with E-state index in [1.165, 1.54) is 11.4 Å². The van der Waals surface area contributed by atoms with Gasteiger partial charge in [-0.15, -0.1) is 0 Å². The molecular weight excluding hydrogens is 200 g/mol. The van der Waals surface area contributed by atoms with Crippen LogP contribution in [0.3, 0.4) is 0 Å². The van der Waals surface area contributed by atoms with E-state index >= 15 is 0 Å². The Morgan fingerprint density at radius 2 is 2.19 bits per heavy atom. The fraction of sp³-hybridized carbons (Fsp3) is 0.750. The summed E-state index contributed by atoms with van der Waals surface area (Å²) in [7, 11) is 4.26. The fourth-order valence-corrected chi connectivity index (χ4v) is 2.85. The van der Waals surface area contributed by atoms with Crippen LogP contribution in [0.2, 0.25) is 0 Å². The van der Waals surface area contributed by atoms with Crippen LogP contribution in [0.1, 0.15) is 31.3 Å². The smallest absolute Gasteiger partial charge is 0.0949 e. The van der Waals surface area contributed by atoms with E-state index in [9.17, 15) is 0 Å². The van der Waals surface area contributed by atoms with Crippen molar-refractivity contribution in [2.75, 3.05) is 13.6 Å². The monoisotopic (exact) mass is 222 g/mol. The van der Waals surface area contributed by atoms with Crippen molar-refractivity contribution in [2.24, 2.45) is 18.7 Å². The van der Waals surface area contributed by atoms with Crippen LogP contribution >= 0.6 is 0 Å². The lowest BCUT2D eigenvalue weighted by Crippen LogP contribution is -2.47. The van der Waals surface area contributed by atoms with E-state index in [0.717, 1.165) is 6.42 Å². The Balaban J connectivity index is 2.44. The number of aromatic nitrogens is 2. The van der Waals surface area contributed by atoms with Crippen molar-refractivity contribution in [3.05, 3.63) is 17.7 Å². The van der Waals surface area contributed by atoms with Crippen LogP contribution in [-0.4, -0.2) is 34.1 Å². The Labute approximate surface area is 97.4 Å². The van der Waals surface area contributed by atoms with Gasteiger partial charge in [0, 0.05) is 26.1 Å². The molecule has 4 nitrogen and oxygen atoms in total. The molecule has 1 aromatic rings. The molecule has 0 radical (unpaired) electrons. The van der Waals surface area contributed by atoms with E-state index in [-0.39, 0.29) is 0 Å². The number of aryl methyl sites for hydroxylation is 1. The third-order valence-electron chi connectivity index (χ3n) is 3.69. The average Bonchev–Trinajstić information content (AvgIpc) is 2.59. The van der Waals surface area contributed by atoms with Gasteiger partial charge in [-0.25, -0.2) is 4.98 Å². The van der Waals surface area contributed by atoms with Gasteiger partial charge in [0.05, 0.1) is 23.8 Å². The third-order valence-corrected chi connectivity index (χ3v) is 3.69. The van der Waals surface area contributed by atoms with Gasteiger partial charge in [-0.2, -0.15) is 0 Å². The number of fused-ring (bicyclic) bond motifs is 1. The zero-order valence-corrected chi connectivity index (χ0v) is 10.6. The number of rotatable bonds is 2. The molecule has 2 rings (SSSR count). The number of hydrogen-bond donors (Lipinski definition) is 1. The minimum Gasteiger partial charge on any atom is -0.336 e. The Bertz CT molecular complexity index is 369. The first-order chi connectivity index (χ1) is 7.56. The summed E-state index contributed by atoms with van der Waals surface area (Å²) >= 11 is 0. The summed E-state index contributed by atoms with van der Waals surface area (Å²) in [6.07, 6.45) is 2.90. The van der Waals surface area contributed by atoms with E-state index in [4.69, 9.17) is 5.73 Å². The molecule has 2 heterocycles. The molecule has 0 amide bonds. The van der Waals surface area contributed by atoms with Gasteiger partial charge >= 0.3 is 0 Å². The summed E-state index contributed by atoms with van der Waals surface area (Å²) in [6, 6.07) is 0.861. The van der Waals surface area contributed by atoms with Crippen molar-refractivity contribution in [3.63, 3.8) is 0 Å². The largest absolute Gasteiger partial charge is 0.336 e. The predicted octanol–water partition coefficient (Wildman–Crippen LogP) is 0.932. The van der Waals surface area contributed by atoms with Gasteiger partial charge in [0.25, 0.3) is 0 Å². The maximum Gasteiger partial charge on any atom is 0.0949 e. The molecule has 1 aromatic heterocycles. The molecule has 2 atom stereocenters. The molecule has 0 aromatic carbocycles. The zero-order valence-electron chi connectivity index (χ0n) is 10.6. The number of imidazole rings is 1. The number of nitrogens with zero attached hydrogens (tertiary/aromatic N) is 3. The summed E-state index contributed by atoms with van der Waals surface area (Å²) in [4.78, 5) is 6.91. The van der Waals surface area contributed by atoms with Crippen molar-refractivity contribution in [1.82, 2.24) is 14.5 Å². The summed E-state index contributed by atoms with van der Waals surface area (Å²) in [5.41, 5.74) is 8.44. The minimum absolute atomic E-state index is 0.426. The zero-order chi connectivity index (χ0) is 11.9. The summed E-state index contributed by atoms with van der Waals surface area (Å²) < 4.78 is 2.16. The average molecular weight is 222 g/mol. The first kappa shape index (κ1) is 11.6. The molecule has 0 saturated carbocycles. The molecule has 2 N–H and O–H groups in total. The lowest BCUT2D eigenvalue weighted by Gasteiger charge is -2.41. The highest BCUT2D eigenvalue weighted by molar-refractivity contribution is 5.23. The summed E-state index contributed by atoms with van der Waals surface area (Å²) in [5.74, 6) is 0.577. The highest BCUT2D eigenvalue weighted by atomic mass is 15.2. The van der Waals surface area contributed by atoms with Crippen LogP contribution in [0.15, 0.2) is 6.33 Å². The first-order valence-corrected chi connectivity index (χ1v) is 5.98. The summed E-state index contributed by atoms with van der Waals surface area (Å²) in [6.45, 7) is 5.23. The van der Waals surface area contributed by atoms with Crippen LogP contribution in [0, 0.1) is 5.92 Å². The predicted molar refractivity (Wildman–Crippen MR) is 65.1 cm³/mol. The molecule has 0 fully saturated rings. The van der Waals surface area contributed by atoms with E-state index in [1.807, 2.05) is 6.33 Å². The van der Waals surface area contributed by atoms with Crippen LogP contribution < -0.4 is 5.73 Å². The van der Waals surface area contributed by atoms with Gasteiger partial charge in [0.2, 0.25) is 0 Å². The van der Waals surface area contributed by atoms with E-state index in [1.54, 1.807) is 0 Å². The van der Waals surface area contributed by atoms with Crippen molar-refractivity contribution in [1.29, 1.82) is 0 Å². The molecule has 1 aliphatic heterocycles. The molecule has 4 heteroatoms. The van der Waals surface area contributed by atoms with Crippen molar-refractivity contribution < 1.29 is 0 Å². The second-order valence-electron chi connectivity index (χ2n) is 5.14. The Hall–Kier alpha value is -0.870. The molecule has 0 spiro atoms. The molecule has 2 unspecified atom stereocenters. The van der Waals surface area contributed by atoms with Crippen LogP contribution in [0.5, 0.6) is 0 Å². The van der Waals surface area contributed by atoms with Gasteiger partial charge in [-0.05, 0) is 13.0 Å². The highest BCUT2D eigenvalue weighted by Gasteiger charge is 2.35. The number of nitrogens with two attached hydrogens (primary N) is 1. The number of likely N-dealkylation sites (N-methyl/N-ethyl adjacent to an activating group) is 1. The second kappa shape index (κ2) is 4.18. The normalized spacial score (nSPS) is 26.1. The SMILES string of the molecule is CC(C)C1c2c(ncn2C)CC(CN)N1C. The van der Waals surface area contributed by atoms with E-state index in [0.29, 0.717) is 24.5 Å². The molecule has 0 saturated heterocycles. The lowest BCUT2D eigenvalue weighted by atomic mass is 9.89. The lowest BCUT2D eigenvalue weighted by molar-refractivity contribution is 0.116. The van der Waals surface area contributed by atoms with Gasteiger partial charge in [-0.1, -0.05) is 13.8 Å². The second-order valence-corrected chi connectivity index (χ2v) is 5.14. The van der Waals surface area contributed by atoms with Gasteiger partial charge in [0.1, 0.15) is 0 Å². The first-order valence-electron chi connectivity index (χ1n) is 5.98. The van der Waals surface area contributed by atoms with Crippen molar-refractivity contribution in [3.8, 4) is 0 Å². The minimum atomic E-state index is 0.426. The highest BCUT2D eigenvalue weighted by Crippen LogP contribution is 2.35. The quantitative estimate of drug-likeness (QED) is 0.810. The van der Waals surface area contributed by atoms with Gasteiger partial charge in [-0.3, -0.25) is 4.90 Å². The van der Waals surface area contributed by atoms with Crippen LogP contribution in [-0.2, 0) is 13.5 Å². The van der Waals surface area contributed by atoms with Gasteiger partial charge < -0.3 is 10.3 Å². The Morgan fingerprint density at radius 3 is 2.75 bits per heavy atom.